The van der Waals surface area contributed by atoms with E-state index < -0.39 is 0 Å². The molecule has 0 amide bonds. The smallest absolute Gasteiger partial charge is 0.241 e. The fraction of sp³-hybridized carbons (Fsp3) is 0.176. The first-order valence-corrected chi connectivity index (χ1v) is 7.87. The minimum absolute atomic E-state index is 0.0681. The number of rotatable bonds is 2. The van der Waals surface area contributed by atoms with E-state index in [0.29, 0.717) is 5.95 Å². The summed E-state index contributed by atoms with van der Waals surface area (Å²) in [6.07, 6.45) is 0.863. The molecule has 3 N–H and O–H groups in total. The summed E-state index contributed by atoms with van der Waals surface area (Å²) in [5.41, 5.74) is 8.17. The molecule has 1 aromatic heterocycles. The van der Waals surface area contributed by atoms with Gasteiger partial charge >= 0.3 is 0 Å². The molecule has 0 spiro atoms. The number of anilines is 2. The topological polar surface area (TPSA) is 68.8 Å². The van der Waals surface area contributed by atoms with Crippen molar-refractivity contribution >= 4 is 23.5 Å². The Bertz CT molecular complexity index is 813. The second-order valence-corrected chi connectivity index (χ2v) is 6.09. The van der Waals surface area contributed by atoms with Gasteiger partial charge in [-0.3, -0.25) is 0 Å². The van der Waals surface area contributed by atoms with Crippen LogP contribution in [0.4, 0.5) is 11.9 Å². The van der Waals surface area contributed by atoms with Gasteiger partial charge in [-0.1, -0.05) is 54.1 Å². The van der Waals surface area contributed by atoms with E-state index in [1.165, 1.54) is 5.56 Å². The average Bonchev–Trinajstić information content (AvgIpc) is 2.96. The van der Waals surface area contributed by atoms with Crippen molar-refractivity contribution in [2.75, 3.05) is 11.1 Å². The van der Waals surface area contributed by atoms with E-state index >= 15 is 0 Å². The molecule has 23 heavy (non-hydrogen) atoms. The maximum Gasteiger partial charge on any atom is 0.241 e. The first-order valence-electron chi connectivity index (χ1n) is 7.49. The van der Waals surface area contributed by atoms with Crippen LogP contribution in [0.3, 0.4) is 0 Å². The van der Waals surface area contributed by atoms with E-state index in [4.69, 9.17) is 17.3 Å². The van der Waals surface area contributed by atoms with Gasteiger partial charge in [0.15, 0.2) is 0 Å². The van der Waals surface area contributed by atoms with Crippen molar-refractivity contribution in [3.8, 4) is 0 Å². The molecule has 4 rings (SSSR count). The summed E-state index contributed by atoms with van der Waals surface area (Å²) < 4.78 is 1.86. The van der Waals surface area contributed by atoms with Crippen molar-refractivity contribution in [1.82, 2.24) is 14.8 Å². The lowest BCUT2D eigenvalue weighted by atomic mass is 9.93. The van der Waals surface area contributed by atoms with Crippen molar-refractivity contribution in [2.24, 2.45) is 0 Å². The molecule has 2 heterocycles. The van der Waals surface area contributed by atoms with Crippen LogP contribution in [0.5, 0.6) is 0 Å². The molecule has 116 valence electrons. The molecule has 0 fully saturated rings. The Labute approximate surface area is 139 Å². The number of nitrogens with one attached hydrogen (secondary N) is 1. The number of fused-ring (bicyclic) bond motifs is 1. The van der Waals surface area contributed by atoms with Crippen LogP contribution in [0.25, 0.3) is 0 Å². The lowest BCUT2D eigenvalue weighted by molar-refractivity contribution is 0.431. The minimum Gasteiger partial charge on any atom is -0.366 e. The second-order valence-electron chi connectivity index (χ2n) is 5.65. The Balaban J connectivity index is 1.76. The number of nitrogen functional groups attached to an aromatic ring is 1. The third kappa shape index (κ3) is 2.64. The summed E-state index contributed by atoms with van der Waals surface area (Å²) in [7, 11) is 0. The van der Waals surface area contributed by atoms with Crippen LogP contribution in [-0.2, 0) is 0 Å². The molecule has 0 radical (unpaired) electrons. The van der Waals surface area contributed by atoms with Crippen molar-refractivity contribution in [1.29, 1.82) is 0 Å². The van der Waals surface area contributed by atoms with Gasteiger partial charge in [0.1, 0.15) is 0 Å². The van der Waals surface area contributed by atoms with E-state index in [-0.39, 0.29) is 18.0 Å². The van der Waals surface area contributed by atoms with E-state index in [9.17, 15) is 0 Å². The predicted molar refractivity (Wildman–Crippen MR) is 91.4 cm³/mol. The summed E-state index contributed by atoms with van der Waals surface area (Å²) >= 11 is 6.01. The average molecular weight is 326 g/mol. The first-order chi connectivity index (χ1) is 11.2. The Morgan fingerprint density at radius 2 is 1.78 bits per heavy atom. The van der Waals surface area contributed by atoms with Gasteiger partial charge in [-0.2, -0.15) is 4.98 Å². The van der Waals surface area contributed by atoms with Crippen LogP contribution < -0.4 is 11.1 Å². The Morgan fingerprint density at radius 3 is 2.52 bits per heavy atom. The van der Waals surface area contributed by atoms with Crippen LogP contribution in [-0.4, -0.2) is 14.8 Å². The molecule has 1 aliphatic rings. The molecule has 0 saturated carbocycles. The number of nitrogens with two attached hydrogens (primary N) is 1. The number of benzene rings is 2. The van der Waals surface area contributed by atoms with E-state index in [0.717, 1.165) is 17.0 Å². The molecule has 2 atom stereocenters. The Kier molecular flexibility index (Phi) is 3.42. The van der Waals surface area contributed by atoms with Crippen LogP contribution in [0.2, 0.25) is 5.02 Å². The van der Waals surface area contributed by atoms with Crippen molar-refractivity contribution in [3.05, 3.63) is 70.7 Å². The first kappa shape index (κ1) is 14.1. The van der Waals surface area contributed by atoms with Crippen molar-refractivity contribution in [3.63, 3.8) is 0 Å². The van der Waals surface area contributed by atoms with Gasteiger partial charge in [-0.15, -0.1) is 5.10 Å². The van der Waals surface area contributed by atoms with Crippen molar-refractivity contribution in [2.45, 2.75) is 18.5 Å². The molecular weight excluding hydrogens is 310 g/mol. The van der Waals surface area contributed by atoms with Crippen LogP contribution in [0, 0.1) is 0 Å². The van der Waals surface area contributed by atoms with Crippen molar-refractivity contribution < 1.29 is 0 Å². The normalized spacial score (nSPS) is 19.9. The van der Waals surface area contributed by atoms with Gasteiger partial charge in [0.05, 0.1) is 12.1 Å². The standard InChI is InChI=1S/C17H16ClN5/c18-13-8-6-12(7-9-13)15-10-14(11-4-2-1-3-5-11)20-17-21-16(19)22-23(15)17/h1-9,14-15H,10H2,(H3,19,20,21,22). The molecule has 1 aliphatic heterocycles. The van der Waals surface area contributed by atoms with E-state index in [1.807, 2.05) is 47.1 Å². The fourth-order valence-electron chi connectivity index (χ4n) is 3.06. The largest absolute Gasteiger partial charge is 0.366 e. The third-order valence-electron chi connectivity index (χ3n) is 4.16. The Morgan fingerprint density at radius 1 is 1.04 bits per heavy atom. The SMILES string of the molecule is Nc1nc2n(n1)C(c1ccc(Cl)cc1)CC(c1ccccc1)N2. The zero-order chi connectivity index (χ0) is 15.8. The lowest BCUT2D eigenvalue weighted by Gasteiger charge is -2.31. The molecule has 0 bridgehead atoms. The maximum absolute atomic E-state index is 6.01. The molecule has 5 nitrogen and oxygen atoms in total. The zero-order valence-electron chi connectivity index (χ0n) is 12.4. The summed E-state index contributed by atoms with van der Waals surface area (Å²) in [4.78, 5) is 4.31. The molecule has 2 unspecified atom stereocenters. The maximum atomic E-state index is 6.01. The summed E-state index contributed by atoms with van der Waals surface area (Å²) in [5.74, 6) is 0.975. The highest BCUT2D eigenvalue weighted by Crippen LogP contribution is 2.38. The molecule has 0 aliphatic carbocycles. The van der Waals surface area contributed by atoms with Crippen LogP contribution in [0.1, 0.15) is 29.6 Å². The van der Waals surface area contributed by atoms with Gasteiger partial charge in [0, 0.05) is 5.02 Å². The molecule has 0 saturated heterocycles. The van der Waals surface area contributed by atoms with Gasteiger partial charge in [0.25, 0.3) is 0 Å². The molecule has 2 aromatic carbocycles. The third-order valence-corrected chi connectivity index (χ3v) is 4.41. The summed E-state index contributed by atoms with van der Waals surface area (Å²) in [5, 5.41) is 8.50. The molecular formula is C17H16ClN5. The van der Waals surface area contributed by atoms with Gasteiger partial charge in [-0.05, 0) is 29.7 Å². The number of aromatic nitrogens is 3. The summed E-state index contributed by atoms with van der Waals surface area (Å²) in [6.45, 7) is 0. The number of halogens is 1. The lowest BCUT2D eigenvalue weighted by Crippen LogP contribution is -2.28. The van der Waals surface area contributed by atoms with E-state index in [2.05, 4.69) is 27.5 Å². The fourth-order valence-corrected chi connectivity index (χ4v) is 3.19. The minimum atomic E-state index is 0.0681. The van der Waals surface area contributed by atoms with Crippen LogP contribution >= 0.6 is 11.6 Å². The predicted octanol–water partition coefficient (Wildman–Crippen LogP) is 3.66. The molecule has 6 heteroatoms. The molecule has 3 aromatic rings. The van der Waals surface area contributed by atoms with Crippen LogP contribution in [0.15, 0.2) is 54.6 Å². The number of hydrogen-bond donors (Lipinski definition) is 2. The highest BCUT2D eigenvalue weighted by molar-refractivity contribution is 6.30. The van der Waals surface area contributed by atoms with Gasteiger partial charge < -0.3 is 11.1 Å². The zero-order valence-corrected chi connectivity index (χ0v) is 13.1. The van der Waals surface area contributed by atoms with E-state index in [1.54, 1.807) is 0 Å². The van der Waals surface area contributed by atoms with Gasteiger partial charge in [-0.25, -0.2) is 4.68 Å². The highest BCUT2D eigenvalue weighted by Gasteiger charge is 2.30. The Hall–Kier alpha value is -2.53. The second kappa shape index (κ2) is 5.59. The van der Waals surface area contributed by atoms with Gasteiger partial charge in [0.2, 0.25) is 11.9 Å². The monoisotopic (exact) mass is 325 g/mol. The summed E-state index contributed by atoms with van der Waals surface area (Å²) in [6, 6.07) is 18.4. The number of hydrogen-bond acceptors (Lipinski definition) is 4. The highest BCUT2D eigenvalue weighted by atomic mass is 35.5. The number of nitrogens with zero attached hydrogens (tertiary/aromatic N) is 3. The quantitative estimate of drug-likeness (QED) is 0.754.